The third kappa shape index (κ3) is 0.950. The summed E-state index contributed by atoms with van der Waals surface area (Å²) >= 11 is 0. The van der Waals surface area contributed by atoms with E-state index in [-0.39, 0.29) is 18.9 Å². The quantitative estimate of drug-likeness (QED) is 0.408. The van der Waals surface area contributed by atoms with E-state index in [1.165, 1.54) is 0 Å². The Hall–Kier alpha value is -1.10. The van der Waals surface area contributed by atoms with Crippen molar-refractivity contribution < 1.29 is 14.7 Å². The van der Waals surface area contributed by atoms with Gasteiger partial charge < -0.3 is 16.2 Å². The second-order valence-electron chi connectivity index (χ2n) is 2.41. The molecule has 0 spiro atoms. The molecule has 1 amide bonds. The second kappa shape index (κ2) is 1.95. The van der Waals surface area contributed by atoms with Crippen LogP contribution in [-0.2, 0) is 9.59 Å². The van der Waals surface area contributed by atoms with Gasteiger partial charge in [0.15, 0.2) is 0 Å². The maximum atomic E-state index is 10.5. The lowest BCUT2D eigenvalue weighted by Crippen LogP contribution is -2.49. The largest absolute Gasteiger partial charge is 0.480 e. The first kappa shape index (κ1) is 7.01. The van der Waals surface area contributed by atoms with Crippen molar-refractivity contribution in [2.75, 3.05) is 6.54 Å². The number of nitrogens with two attached hydrogens (primary N) is 1. The van der Waals surface area contributed by atoms with Crippen LogP contribution in [0.15, 0.2) is 0 Å². The van der Waals surface area contributed by atoms with Crippen molar-refractivity contribution in [1.29, 1.82) is 0 Å². The lowest BCUT2D eigenvalue weighted by atomic mass is 10.0. The van der Waals surface area contributed by atoms with Crippen LogP contribution in [0.3, 0.4) is 0 Å². The molecule has 10 heavy (non-hydrogen) atoms. The molecule has 1 heterocycles. The Morgan fingerprint density at radius 3 is 2.60 bits per heavy atom. The zero-order chi connectivity index (χ0) is 7.78. The molecule has 1 rings (SSSR count). The van der Waals surface area contributed by atoms with E-state index in [4.69, 9.17) is 10.8 Å². The molecular weight excluding hydrogens is 136 g/mol. The number of amides is 1. The minimum absolute atomic E-state index is 0.0289. The molecule has 1 aliphatic heterocycles. The van der Waals surface area contributed by atoms with Crippen LogP contribution < -0.4 is 11.1 Å². The number of rotatable bonds is 1. The summed E-state index contributed by atoms with van der Waals surface area (Å²) in [7, 11) is 0. The summed E-state index contributed by atoms with van der Waals surface area (Å²) < 4.78 is 0. The third-order valence-corrected chi connectivity index (χ3v) is 1.50. The molecule has 1 aliphatic rings. The summed E-state index contributed by atoms with van der Waals surface area (Å²) in [6, 6.07) is 0. The van der Waals surface area contributed by atoms with Gasteiger partial charge in [-0.15, -0.1) is 0 Å². The van der Waals surface area contributed by atoms with Crippen molar-refractivity contribution >= 4 is 11.9 Å². The number of carboxylic acids is 1. The highest BCUT2D eigenvalue weighted by atomic mass is 16.4. The van der Waals surface area contributed by atoms with Gasteiger partial charge >= 0.3 is 5.97 Å². The normalized spacial score (nSPS) is 31.9. The van der Waals surface area contributed by atoms with Crippen molar-refractivity contribution in [3.05, 3.63) is 0 Å². The Balaban J connectivity index is 2.72. The standard InChI is InChI=1S/C5H8N2O3/c6-5(4(9)10)1-3(8)7-2-5/h1-2,6H2,(H,7,8)(H,9,10). The van der Waals surface area contributed by atoms with Crippen LogP contribution in [0, 0.1) is 0 Å². The first-order valence-electron chi connectivity index (χ1n) is 2.83. The van der Waals surface area contributed by atoms with Gasteiger partial charge in [-0.1, -0.05) is 0 Å². The highest BCUT2D eigenvalue weighted by Gasteiger charge is 2.41. The molecule has 56 valence electrons. The minimum atomic E-state index is -1.38. The smallest absolute Gasteiger partial charge is 0.326 e. The van der Waals surface area contributed by atoms with Crippen LogP contribution >= 0.6 is 0 Å². The lowest BCUT2D eigenvalue weighted by molar-refractivity contribution is -0.143. The molecule has 0 aromatic rings. The molecule has 1 saturated heterocycles. The van der Waals surface area contributed by atoms with Crippen molar-refractivity contribution in [3.63, 3.8) is 0 Å². The summed E-state index contributed by atoms with van der Waals surface area (Å²) in [5.74, 6) is -1.43. The predicted molar refractivity (Wildman–Crippen MR) is 32.2 cm³/mol. The molecule has 0 radical (unpaired) electrons. The number of carboxylic acid groups (broad SMARTS) is 1. The molecule has 1 fully saturated rings. The van der Waals surface area contributed by atoms with Crippen molar-refractivity contribution in [1.82, 2.24) is 5.32 Å². The van der Waals surface area contributed by atoms with Crippen LogP contribution in [0.4, 0.5) is 0 Å². The average Bonchev–Trinajstić information content (AvgIpc) is 2.13. The zero-order valence-electron chi connectivity index (χ0n) is 5.26. The molecule has 0 saturated carbocycles. The molecular formula is C5H8N2O3. The summed E-state index contributed by atoms with van der Waals surface area (Å²) in [6.45, 7) is 0.0289. The van der Waals surface area contributed by atoms with Crippen molar-refractivity contribution in [3.8, 4) is 0 Å². The van der Waals surface area contributed by atoms with E-state index in [0.29, 0.717) is 0 Å². The molecule has 5 heteroatoms. The molecule has 4 N–H and O–H groups in total. The Bertz CT molecular complexity index is 191. The average molecular weight is 144 g/mol. The van der Waals surface area contributed by atoms with E-state index < -0.39 is 11.5 Å². The molecule has 5 nitrogen and oxygen atoms in total. The highest BCUT2D eigenvalue weighted by Crippen LogP contribution is 2.11. The van der Waals surface area contributed by atoms with Crippen LogP contribution in [0.2, 0.25) is 0 Å². The third-order valence-electron chi connectivity index (χ3n) is 1.50. The number of carbonyl (C=O) groups is 2. The number of nitrogens with one attached hydrogen (secondary N) is 1. The molecule has 0 bridgehead atoms. The Kier molecular flexibility index (Phi) is 1.37. The minimum Gasteiger partial charge on any atom is -0.480 e. The maximum absolute atomic E-state index is 10.5. The Labute approximate surface area is 57.2 Å². The van der Waals surface area contributed by atoms with Gasteiger partial charge in [-0.2, -0.15) is 0 Å². The van der Waals surface area contributed by atoms with Gasteiger partial charge in [0, 0.05) is 6.54 Å². The van der Waals surface area contributed by atoms with Crippen molar-refractivity contribution in [2.24, 2.45) is 5.73 Å². The van der Waals surface area contributed by atoms with Crippen LogP contribution in [0.25, 0.3) is 0 Å². The first-order valence-corrected chi connectivity index (χ1v) is 2.83. The second-order valence-corrected chi connectivity index (χ2v) is 2.41. The molecule has 0 aliphatic carbocycles. The van der Waals surface area contributed by atoms with Gasteiger partial charge in [0.25, 0.3) is 0 Å². The summed E-state index contributed by atoms with van der Waals surface area (Å²) in [5, 5.41) is 10.8. The Morgan fingerprint density at radius 2 is 2.40 bits per heavy atom. The number of hydrogen-bond donors (Lipinski definition) is 3. The topological polar surface area (TPSA) is 92.4 Å². The van der Waals surface area contributed by atoms with E-state index in [1.807, 2.05) is 0 Å². The fourth-order valence-electron chi connectivity index (χ4n) is 0.819. The van der Waals surface area contributed by atoms with Crippen molar-refractivity contribution in [2.45, 2.75) is 12.0 Å². The lowest BCUT2D eigenvalue weighted by Gasteiger charge is -2.13. The van der Waals surface area contributed by atoms with Gasteiger partial charge in [0.05, 0.1) is 6.42 Å². The van der Waals surface area contributed by atoms with Gasteiger partial charge in [-0.05, 0) is 0 Å². The number of carbonyl (C=O) groups excluding carboxylic acids is 1. The fraction of sp³-hybridized carbons (Fsp3) is 0.600. The number of hydrogen-bond acceptors (Lipinski definition) is 3. The van der Waals surface area contributed by atoms with E-state index in [2.05, 4.69) is 5.32 Å². The summed E-state index contributed by atoms with van der Waals surface area (Å²) in [4.78, 5) is 20.9. The van der Waals surface area contributed by atoms with Crippen LogP contribution in [0.1, 0.15) is 6.42 Å². The number of aliphatic carboxylic acids is 1. The van der Waals surface area contributed by atoms with E-state index in [1.54, 1.807) is 0 Å². The van der Waals surface area contributed by atoms with E-state index in [9.17, 15) is 9.59 Å². The van der Waals surface area contributed by atoms with E-state index in [0.717, 1.165) is 0 Å². The maximum Gasteiger partial charge on any atom is 0.326 e. The van der Waals surface area contributed by atoms with Crippen LogP contribution in [0.5, 0.6) is 0 Å². The predicted octanol–water partition coefficient (Wildman–Crippen LogP) is -1.71. The van der Waals surface area contributed by atoms with Gasteiger partial charge in [0.1, 0.15) is 5.54 Å². The first-order chi connectivity index (χ1) is 4.54. The molecule has 0 aromatic carbocycles. The van der Waals surface area contributed by atoms with Gasteiger partial charge in [-0.3, -0.25) is 9.59 Å². The zero-order valence-corrected chi connectivity index (χ0v) is 5.26. The Morgan fingerprint density at radius 1 is 1.80 bits per heavy atom. The molecule has 0 aromatic heterocycles. The molecule has 1 unspecified atom stereocenters. The summed E-state index contributed by atoms with van der Waals surface area (Å²) in [5.41, 5.74) is 3.93. The summed E-state index contributed by atoms with van der Waals surface area (Å²) in [6.07, 6.45) is -0.123. The highest BCUT2D eigenvalue weighted by molar-refractivity contribution is 5.91. The molecule has 1 atom stereocenters. The van der Waals surface area contributed by atoms with Crippen LogP contribution in [-0.4, -0.2) is 29.1 Å². The fourth-order valence-corrected chi connectivity index (χ4v) is 0.819. The van der Waals surface area contributed by atoms with E-state index >= 15 is 0 Å². The van der Waals surface area contributed by atoms with Gasteiger partial charge in [0.2, 0.25) is 5.91 Å². The monoisotopic (exact) mass is 144 g/mol. The SMILES string of the molecule is NC1(C(=O)O)CNC(=O)C1. The van der Waals surface area contributed by atoms with Gasteiger partial charge in [-0.25, -0.2) is 0 Å².